The molecule has 0 aliphatic carbocycles. The summed E-state index contributed by atoms with van der Waals surface area (Å²) in [6.45, 7) is 0.0156. The number of hydrogen-bond donors (Lipinski definition) is 0. The van der Waals surface area contributed by atoms with Crippen LogP contribution in [0.25, 0.3) is 11.4 Å². The van der Waals surface area contributed by atoms with E-state index in [2.05, 4.69) is 19.6 Å². The molecular weight excluding hydrogens is 494 g/mol. The molecule has 0 radical (unpaired) electrons. The van der Waals surface area contributed by atoms with Gasteiger partial charge in [0.2, 0.25) is 21.7 Å². The first-order valence-corrected chi connectivity index (χ1v) is 11.0. The fourth-order valence-corrected chi connectivity index (χ4v) is 4.67. The number of halogens is 6. The quantitative estimate of drug-likeness (QED) is 0.481. The zero-order valence-electron chi connectivity index (χ0n) is 16.8. The standard InChI is InChI=1S/C19H14F6N4O4S/c20-18(21,22)12-2-4-14(5-3-12)34(30,31)29-8-7-13(10-29)32-15-6-1-11(9-26-15)16-27-17(33-28-16)19(23,24)25/h1-6,9,13H,7-8,10H2/t13-/m1/s1. The Balaban J connectivity index is 1.39. The summed E-state index contributed by atoms with van der Waals surface area (Å²) in [5.41, 5.74) is -0.816. The van der Waals surface area contributed by atoms with Gasteiger partial charge in [0.25, 0.3) is 0 Å². The van der Waals surface area contributed by atoms with Crippen LogP contribution in [0.1, 0.15) is 17.9 Å². The SMILES string of the molecule is O=S(=O)(c1ccc(C(F)(F)F)cc1)N1CC[C@@H](Oc2ccc(-c3noc(C(F)(F)F)n3)cn2)C1. The van der Waals surface area contributed by atoms with Crippen LogP contribution in [0.2, 0.25) is 0 Å². The van der Waals surface area contributed by atoms with Crippen molar-refractivity contribution in [1.82, 2.24) is 19.4 Å². The first kappa shape index (κ1) is 23.9. The van der Waals surface area contributed by atoms with Crippen LogP contribution in [0, 0.1) is 0 Å². The number of nitrogens with zero attached hydrogens (tertiary/aromatic N) is 4. The lowest BCUT2D eigenvalue weighted by molar-refractivity contribution is -0.159. The topological polar surface area (TPSA) is 98.4 Å². The van der Waals surface area contributed by atoms with E-state index in [0.717, 1.165) is 16.4 Å². The molecular formula is C19H14F6N4O4S. The summed E-state index contributed by atoms with van der Waals surface area (Å²) >= 11 is 0. The number of pyridine rings is 1. The van der Waals surface area contributed by atoms with Crippen molar-refractivity contribution in [3.8, 4) is 17.3 Å². The summed E-state index contributed by atoms with van der Waals surface area (Å²) in [6, 6.07) is 5.90. The summed E-state index contributed by atoms with van der Waals surface area (Å²) in [7, 11) is -4.03. The number of alkyl halides is 6. The van der Waals surface area contributed by atoms with Crippen molar-refractivity contribution < 1.29 is 44.0 Å². The summed E-state index contributed by atoms with van der Waals surface area (Å²) < 4.78 is 112. The van der Waals surface area contributed by atoms with Crippen LogP contribution < -0.4 is 4.74 Å². The Morgan fingerprint density at radius 2 is 1.71 bits per heavy atom. The molecule has 182 valence electrons. The van der Waals surface area contributed by atoms with Crippen LogP contribution in [-0.2, 0) is 22.4 Å². The number of hydrogen-bond acceptors (Lipinski definition) is 7. The molecule has 2 aromatic heterocycles. The molecule has 4 rings (SSSR count). The Bertz CT molecular complexity index is 1260. The number of aromatic nitrogens is 3. The highest BCUT2D eigenvalue weighted by Crippen LogP contribution is 2.32. The van der Waals surface area contributed by atoms with Gasteiger partial charge in [-0.05, 0) is 36.8 Å². The van der Waals surface area contributed by atoms with E-state index in [-0.39, 0.29) is 35.3 Å². The fourth-order valence-electron chi connectivity index (χ4n) is 3.19. The Morgan fingerprint density at radius 1 is 1.00 bits per heavy atom. The molecule has 0 bridgehead atoms. The highest BCUT2D eigenvalue weighted by atomic mass is 32.2. The molecule has 3 aromatic rings. The maximum absolute atomic E-state index is 12.7. The number of benzene rings is 1. The summed E-state index contributed by atoms with van der Waals surface area (Å²) in [5.74, 6) is -1.73. The third-order valence-electron chi connectivity index (χ3n) is 4.88. The molecule has 1 saturated heterocycles. The van der Waals surface area contributed by atoms with Gasteiger partial charge in [0.05, 0.1) is 17.0 Å². The van der Waals surface area contributed by atoms with Crippen LogP contribution in [-0.4, -0.2) is 47.0 Å². The average molecular weight is 508 g/mol. The minimum atomic E-state index is -4.78. The van der Waals surface area contributed by atoms with E-state index in [4.69, 9.17) is 4.74 Å². The van der Waals surface area contributed by atoms with Gasteiger partial charge in [-0.2, -0.15) is 35.6 Å². The summed E-state index contributed by atoms with van der Waals surface area (Å²) in [5, 5.41) is 3.25. The third kappa shape index (κ3) is 4.99. The van der Waals surface area contributed by atoms with Gasteiger partial charge in [0, 0.05) is 24.4 Å². The molecule has 8 nitrogen and oxygen atoms in total. The molecule has 0 unspecified atom stereocenters. The molecule has 15 heteroatoms. The second-order valence-corrected chi connectivity index (χ2v) is 9.16. The molecule has 0 saturated carbocycles. The van der Waals surface area contributed by atoms with Crippen molar-refractivity contribution in [1.29, 1.82) is 0 Å². The molecule has 1 atom stereocenters. The van der Waals surface area contributed by atoms with Crippen LogP contribution in [0.3, 0.4) is 0 Å². The van der Waals surface area contributed by atoms with Gasteiger partial charge >= 0.3 is 18.2 Å². The van der Waals surface area contributed by atoms with Crippen LogP contribution >= 0.6 is 0 Å². The van der Waals surface area contributed by atoms with Gasteiger partial charge in [0.1, 0.15) is 6.10 Å². The lowest BCUT2D eigenvalue weighted by Gasteiger charge is -2.17. The van der Waals surface area contributed by atoms with Crippen molar-refractivity contribution in [2.75, 3.05) is 13.1 Å². The highest BCUT2D eigenvalue weighted by molar-refractivity contribution is 7.89. The number of sulfonamides is 1. The van der Waals surface area contributed by atoms with Crippen molar-refractivity contribution >= 4 is 10.0 Å². The third-order valence-corrected chi connectivity index (χ3v) is 6.76. The Hall–Kier alpha value is -3.20. The van der Waals surface area contributed by atoms with Gasteiger partial charge in [0.15, 0.2) is 0 Å². The average Bonchev–Trinajstić information content (AvgIpc) is 3.44. The zero-order valence-corrected chi connectivity index (χ0v) is 17.7. The normalized spacial score (nSPS) is 17.8. The second kappa shape index (κ2) is 8.54. The van der Waals surface area contributed by atoms with Gasteiger partial charge in [-0.15, -0.1) is 0 Å². The van der Waals surface area contributed by atoms with Crippen molar-refractivity contribution in [2.24, 2.45) is 0 Å². The van der Waals surface area contributed by atoms with E-state index in [9.17, 15) is 34.8 Å². The molecule has 34 heavy (non-hydrogen) atoms. The molecule has 1 aliphatic heterocycles. The highest BCUT2D eigenvalue weighted by Gasteiger charge is 2.39. The second-order valence-electron chi connectivity index (χ2n) is 7.22. The molecule has 0 amide bonds. The Labute approximate surface area is 188 Å². The summed E-state index contributed by atoms with van der Waals surface area (Å²) in [6.07, 6.45) is -8.49. The van der Waals surface area contributed by atoms with E-state index in [1.54, 1.807) is 0 Å². The lowest BCUT2D eigenvalue weighted by Crippen LogP contribution is -2.31. The van der Waals surface area contributed by atoms with Crippen molar-refractivity contribution in [2.45, 2.75) is 29.8 Å². The minimum Gasteiger partial charge on any atom is -0.473 e. The van der Waals surface area contributed by atoms with Crippen molar-refractivity contribution in [3.05, 3.63) is 54.0 Å². The van der Waals surface area contributed by atoms with Crippen molar-refractivity contribution in [3.63, 3.8) is 0 Å². The molecule has 1 aliphatic rings. The van der Waals surface area contributed by atoms with Crippen LogP contribution in [0.5, 0.6) is 5.88 Å². The first-order valence-electron chi connectivity index (χ1n) is 9.55. The molecule has 0 N–H and O–H groups in total. The molecule has 1 fully saturated rings. The molecule has 3 heterocycles. The van der Waals surface area contributed by atoms with E-state index >= 15 is 0 Å². The number of ether oxygens (including phenoxy) is 1. The number of rotatable bonds is 5. The minimum absolute atomic E-state index is 0.0629. The summed E-state index contributed by atoms with van der Waals surface area (Å²) in [4.78, 5) is 6.94. The monoisotopic (exact) mass is 508 g/mol. The van der Waals surface area contributed by atoms with Gasteiger partial charge < -0.3 is 9.26 Å². The van der Waals surface area contributed by atoms with Gasteiger partial charge in [-0.1, -0.05) is 5.16 Å². The van der Waals surface area contributed by atoms with Crippen LogP contribution in [0.4, 0.5) is 26.3 Å². The molecule has 1 aromatic carbocycles. The van der Waals surface area contributed by atoms with E-state index in [1.165, 1.54) is 18.3 Å². The van der Waals surface area contributed by atoms with Gasteiger partial charge in [-0.25, -0.2) is 13.4 Å². The Kier molecular flexibility index (Phi) is 6.01. The van der Waals surface area contributed by atoms with Gasteiger partial charge in [-0.3, -0.25) is 0 Å². The first-order chi connectivity index (χ1) is 15.8. The lowest BCUT2D eigenvalue weighted by atomic mass is 10.2. The fraction of sp³-hybridized carbons (Fsp3) is 0.316. The van der Waals surface area contributed by atoms with E-state index in [0.29, 0.717) is 18.6 Å². The predicted octanol–water partition coefficient (Wildman–Crippen LogP) is 4.01. The largest absolute Gasteiger partial charge is 0.473 e. The molecule has 0 spiro atoms. The zero-order chi connectivity index (χ0) is 24.7. The smallest absolute Gasteiger partial charge is 0.471 e. The van der Waals surface area contributed by atoms with Crippen LogP contribution in [0.15, 0.2) is 52.0 Å². The predicted molar refractivity (Wildman–Crippen MR) is 102 cm³/mol. The maximum atomic E-state index is 12.7. The Morgan fingerprint density at radius 3 is 2.26 bits per heavy atom. The maximum Gasteiger partial charge on any atom is 0.471 e. The van der Waals surface area contributed by atoms with E-state index in [1.807, 2.05) is 0 Å². The van der Waals surface area contributed by atoms with E-state index < -0.39 is 39.9 Å².